The molecule has 20 heavy (non-hydrogen) atoms. The molecule has 0 heterocycles. The zero-order valence-corrected chi connectivity index (χ0v) is 13.3. The number of nitrogens with zero attached hydrogens (tertiary/aromatic N) is 1. The molecule has 0 spiro atoms. The molecule has 104 valence electrons. The Bertz CT molecular complexity index is 630. The number of hydrogen-bond acceptors (Lipinski definition) is 2. The van der Waals surface area contributed by atoms with Gasteiger partial charge in [0.1, 0.15) is 5.82 Å². The lowest BCUT2D eigenvalue weighted by Gasteiger charge is -2.22. The highest BCUT2D eigenvalue weighted by Crippen LogP contribution is 2.24. The third-order valence-corrected chi connectivity index (χ3v) is 3.85. The van der Waals surface area contributed by atoms with Crippen molar-refractivity contribution in [2.24, 2.45) is 0 Å². The van der Waals surface area contributed by atoms with Crippen molar-refractivity contribution in [3.05, 3.63) is 58.3 Å². The van der Waals surface area contributed by atoms with Crippen LogP contribution in [-0.4, -0.2) is 12.5 Å². The first-order chi connectivity index (χ1) is 9.52. The summed E-state index contributed by atoms with van der Waals surface area (Å²) in [4.78, 5) is 14.9. The van der Waals surface area contributed by atoms with Gasteiger partial charge in [-0.3, -0.25) is 4.79 Å². The van der Waals surface area contributed by atoms with Gasteiger partial charge in [-0.25, -0.2) is 4.39 Å². The van der Waals surface area contributed by atoms with Crippen LogP contribution in [0.2, 0.25) is 0 Å². The van der Waals surface area contributed by atoms with Gasteiger partial charge in [0.05, 0.1) is 5.56 Å². The van der Waals surface area contributed by atoms with Gasteiger partial charge in [0.25, 0.3) is 5.91 Å². The molecule has 0 aliphatic rings. The predicted molar refractivity (Wildman–Crippen MR) is 85.1 cm³/mol. The zero-order chi connectivity index (χ0) is 14.7. The molecule has 0 saturated heterocycles. The molecular formula is C15H13BrFNOS. The Hall–Kier alpha value is -1.33. The number of thiol groups is 1. The van der Waals surface area contributed by atoms with Gasteiger partial charge < -0.3 is 4.90 Å². The molecule has 5 heteroatoms. The Balaban J connectivity index is 2.38. The van der Waals surface area contributed by atoms with Crippen LogP contribution in [-0.2, 0) is 0 Å². The van der Waals surface area contributed by atoms with Crippen LogP contribution in [0, 0.1) is 5.82 Å². The van der Waals surface area contributed by atoms with Crippen molar-refractivity contribution in [2.75, 3.05) is 11.4 Å². The van der Waals surface area contributed by atoms with E-state index < -0.39 is 0 Å². The average molecular weight is 354 g/mol. The summed E-state index contributed by atoms with van der Waals surface area (Å²) in [6, 6.07) is 11.2. The van der Waals surface area contributed by atoms with Gasteiger partial charge in [-0.05, 0) is 65.3 Å². The lowest BCUT2D eigenvalue weighted by atomic mass is 10.1. The van der Waals surface area contributed by atoms with Gasteiger partial charge in [-0.1, -0.05) is 0 Å². The molecule has 2 nitrogen and oxygen atoms in total. The fraction of sp³-hybridized carbons (Fsp3) is 0.133. The summed E-state index contributed by atoms with van der Waals surface area (Å²) in [5.74, 6) is -0.474. The highest BCUT2D eigenvalue weighted by molar-refractivity contribution is 9.10. The molecule has 0 fully saturated rings. The van der Waals surface area contributed by atoms with Crippen LogP contribution >= 0.6 is 28.6 Å². The van der Waals surface area contributed by atoms with Crippen LogP contribution in [0.4, 0.5) is 10.1 Å². The fourth-order valence-corrected chi connectivity index (χ4v) is 2.51. The molecule has 0 bridgehead atoms. The van der Waals surface area contributed by atoms with E-state index in [4.69, 9.17) is 0 Å². The molecule has 2 aromatic carbocycles. The van der Waals surface area contributed by atoms with Crippen LogP contribution in [0.1, 0.15) is 17.3 Å². The zero-order valence-electron chi connectivity index (χ0n) is 10.8. The van der Waals surface area contributed by atoms with Gasteiger partial charge in [-0.15, -0.1) is 12.6 Å². The first-order valence-electron chi connectivity index (χ1n) is 6.09. The standard InChI is InChI=1S/C15H13BrFNOS/c1-2-18(11-5-3-10(17)4-6-11)15(19)13-9-12(20)7-8-14(13)16/h3-9,20H,2H2,1H3. The Morgan fingerprint density at radius 1 is 1.25 bits per heavy atom. The second-order valence-corrected chi connectivity index (χ2v) is 5.56. The summed E-state index contributed by atoms with van der Waals surface area (Å²) >= 11 is 7.62. The minimum atomic E-state index is -0.323. The second-order valence-electron chi connectivity index (χ2n) is 4.19. The summed E-state index contributed by atoms with van der Waals surface area (Å²) in [5, 5.41) is 0. The van der Waals surface area contributed by atoms with Gasteiger partial charge in [0.15, 0.2) is 0 Å². The van der Waals surface area contributed by atoms with Crippen molar-refractivity contribution < 1.29 is 9.18 Å². The van der Waals surface area contributed by atoms with E-state index in [2.05, 4.69) is 28.6 Å². The Morgan fingerprint density at radius 3 is 2.50 bits per heavy atom. The monoisotopic (exact) mass is 353 g/mol. The Kier molecular flexibility index (Phi) is 4.83. The van der Waals surface area contributed by atoms with Crippen LogP contribution in [0.3, 0.4) is 0 Å². The predicted octanol–water partition coefficient (Wildman–Crippen LogP) is 4.54. The molecule has 0 N–H and O–H groups in total. The molecule has 0 radical (unpaired) electrons. The van der Waals surface area contributed by atoms with Gasteiger partial charge in [-0.2, -0.15) is 0 Å². The fourth-order valence-electron chi connectivity index (χ4n) is 1.89. The van der Waals surface area contributed by atoms with Gasteiger partial charge in [0, 0.05) is 21.6 Å². The van der Waals surface area contributed by atoms with E-state index in [0.717, 1.165) is 0 Å². The van der Waals surface area contributed by atoms with Crippen LogP contribution in [0.25, 0.3) is 0 Å². The summed E-state index contributed by atoms with van der Waals surface area (Å²) in [7, 11) is 0. The van der Waals surface area contributed by atoms with Crippen molar-refractivity contribution in [3.63, 3.8) is 0 Å². The van der Waals surface area contributed by atoms with E-state index >= 15 is 0 Å². The summed E-state index contributed by atoms with van der Waals surface area (Å²) in [6.07, 6.45) is 0. The van der Waals surface area contributed by atoms with Crippen molar-refractivity contribution in [1.29, 1.82) is 0 Å². The van der Waals surface area contributed by atoms with Crippen LogP contribution < -0.4 is 4.90 Å². The summed E-state index contributed by atoms with van der Waals surface area (Å²) in [5.41, 5.74) is 1.19. The average Bonchev–Trinajstić information content (AvgIpc) is 2.44. The lowest BCUT2D eigenvalue weighted by molar-refractivity contribution is 0.0987. The number of benzene rings is 2. The molecule has 0 aliphatic heterocycles. The first-order valence-corrected chi connectivity index (χ1v) is 7.33. The largest absolute Gasteiger partial charge is 0.309 e. The normalized spacial score (nSPS) is 10.4. The van der Waals surface area contributed by atoms with Gasteiger partial charge in [0.2, 0.25) is 0 Å². The van der Waals surface area contributed by atoms with E-state index in [0.29, 0.717) is 27.2 Å². The molecule has 0 saturated carbocycles. The Labute approximate surface area is 131 Å². The molecule has 0 unspecified atom stereocenters. The van der Waals surface area contributed by atoms with Crippen molar-refractivity contribution >= 4 is 40.2 Å². The maximum absolute atomic E-state index is 13.0. The number of rotatable bonds is 3. The number of halogens is 2. The van der Waals surface area contributed by atoms with E-state index in [1.165, 1.54) is 12.1 Å². The number of carbonyl (C=O) groups excluding carboxylic acids is 1. The van der Waals surface area contributed by atoms with Crippen molar-refractivity contribution in [1.82, 2.24) is 0 Å². The number of hydrogen-bond donors (Lipinski definition) is 1. The highest BCUT2D eigenvalue weighted by Gasteiger charge is 2.18. The molecular weight excluding hydrogens is 341 g/mol. The van der Waals surface area contributed by atoms with E-state index in [1.54, 1.807) is 35.2 Å². The molecule has 0 aliphatic carbocycles. The highest BCUT2D eigenvalue weighted by atomic mass is 79.9. The smallest absolute Gasteiger partial charge is 0.259 e. The minimum Gasteiger partial charge on any atom is -0.309 e. The number of amides is 1. The van der Waals surface area contributed by atoms with Gasteiger partial charge >= 0.3 is 0 Å². The SMILES string of the molecule is CCN(C(=O)c1cc(S)ccc1Br)c1ccc(F)cc1. The summed E-state index contributed by atoms with van der Waals surface area (Å²) in [6.45, 7) is 2.37. The molecule has 0 atom stereocenters. The Morgan fingerprint density at radius 2 is 1.90 bits per heavy atom. The van der Waals surface area contributed by atoms with Crippen molar-refractivity contribution in [3.8, 4) is 0 Å². The summed E-state index contributed by atoms with van der Waals surface area (Å²) < 4.78 is 13.7. The number of carbonyl (C=O) groups is 1. The third kappa shape index (κ3) is 3.22. The number of anilines is 1. The molecule has 0 aromatic heterocycles. The molecule has 2 rings (SSSR count). The van der Waals surface area contributed by atoms with E-state index in [1.807, 2.05) is 6.92 Å². The quantitative estimate of drug-likeness (QED) is 0.803. The topological polar surface area (TPSA) is 20.3 Å². The maximum Gasteiger partial charge on any atom is 0.259 e. The molecule has 1 amide bonds. The van der Waals surface area contributed by atoms with E-state index in [-0.39, 0.29) is 11.7 Å². The van der Waals surface area contributed by atoms with Crippen molar-refractivity contribution in [2.45, 2.75) is 11.8 Å². The maximum atomic E-state index is 13.0. The van der Waals surface area contributed by atoms with E-state index in [9.17, 15) is 9.18 Å². The minimum absolute atomic E-state index is 0.151. The van der Waals surface area contributed by atoms with Crippen LogP contribution in [0.15, 0.2) is 51.8 Å². The van der Waals surface area contributed by atoms with Crippen LogP contribution in [0.5, 0.6) is 0 Å². The first kappa shape index (κ1) is 15.1. The lowest BCUT2D eigenvalue weighted by Crippen LogP contribution is -2.30. The molecule has 2 aromatic rings. The third-order valence-electron chi connectivity index (χ3n) is 2.88. The second kappa shape index (κ2) is 6.41.